The number of nitrogens with zero attached hydrogens (tertiary/aromatic N) is 1. The quantitative estimate of drug-likeness (QED) is 0.282. The molecule has 0 aliphatic carbocycles. The first-order chi connectivity index (χ1) is 23.3. The molecule has 5 rings (SSSR count). The number of piperidine rings is 1. The van der Waals surface area contributed by atoms with Crippen molar-refractivity contribution in [3.05, 3.63) is 105 Å². The highest BCUT2D eigenvalue weighted by Crippen LogP contribution is 2.34. The normalized spacial score (nSPS) is 19.3. The third-order valence-electron chi connectivity index (χ3n) is 9.25. The molecule has 0 bridgehead atoms. The van der Waals surface area contributed by atoms with Gasteiger partial charge in [-0.25, -0.2) is 30.7 Å². The molecule has 0 radical (unpaired) electrons. The van der Waals surface area contributed by atoms with Gasteiger partial charge in [-0.15, -0.1) is 0 Å². The van der Waals surface area contributed by atoms with Gasteiger partial charge in [-0.1, -0.05) is 35.9 Å². The monoisotopic (exact) mass is 721 g/mol. The van der Waals surface area contributed by atoms with Gasteiger partial charge in [0.25, 0.3) is 0 Å². The van der Waals surface area contributed by atoms with Crippen LogP contribution >= 0.6 is 11.6 Å². The number of morpholine rings is 1. The number of hydrogen-bond acceptors (Lipinski definition) is 7. The number of nitrogens with one attached hydrogen (secondary N) is 2. The molecule has 14 heteroatoms. The first-order valence-electron chi connectivity index (χ1n) is 16.0. The molecule has 2 saturated heterocycles. The van der Waals surface area contributed by atoms with Crippen molar-refractivity contribution < 1.29 is 40.7 Å². The van der Waals surface area contributed by atoms with Crippen LogP contribution in [0.4, 0.5) is 18.0 Å². The number of rotatable bonds is 11. The molecule has 0 saturated carbocycles. The Morgan fingerprint density at radius 3 is 2.37 bits per heavy atom. The van der Waals surface area contributed by atoms with Crippen LogP contribution < -0.4 is 10.6 Å². The molecule has 264 valence electrons. The second-order valence-electron chi connectivity index (χ2n) is 12.6. The number of carbonyl (C=O) groups is 2. The average Bonchev–Trinajstić information content (AvgIpc) is 3.04. The Morgan fingerprint density at radius 1 is 1.06 bits per heavy atom. The molecule has 9 nitrogen and oxygen atoms in total. The number of methoxy groups -OCH3 is 1. The van der Waals surface area contributed by atoms with Crippen molar-refractivity contribution in [3.8, 4) is 0 Å². The van der Waals surface area contributed by atoms with Gasteiger partial charge in [-0.3, -0.25) is 4.79 Å². The SMILES string of the molecule is COC(=O)N[C@H](C(=O)Cc1cccc(F)c1CC[C@@H]1CNCC2(CCN(S(C)(=O)=O)CC2)O1)[C@@H](c1ccc(Cl)cc1)c1cc(F)cc(F)c1. The molecule has 2 fully saturated rings. The van der Waals surface area contributed by atoms with Gasteiger partial charge in [0.05, 0.1) is 25.1 Å². The Kier molecular flexibility index (Phi) is 11.7. The molecule has 49 heavy (non-hydrogen) atoms. The zero-order valence-electron chi connectivity index (χ0n) is 27.2. The number of ether oxygens (including phenoxy) is 2. The number of sulfonamides is 1. The lowest BCUT2D eigenvalue weighted by Crippen LogP contribution is -2.58. The molecule has 3 atom stereocenters. The van der Waals surface area contributed by atoms with E-state index in [1.165, 1.54) is 22.7 Å². The van der Waals surface area contributed by atoms with E-state index in [-0.39, 0.29) is 24.5 Å². The van der Waals surface area contributed by atoms with Crippen LogP contribution in [0.5, 0.6) is 0 Å². The summed E-state index contributed by atoms with van der Waals surface area (Å²) in [6.07, 6.45) is 1.38. The second kappa shape index (κ2) is 15.6. The minimum absolute atomic E-state index is 0.0901. The van der Waals surface area contributed by atoms with Crippen molar-refractivity contribution in [3.63, 3.8) is 0 Å². The summed E-state index contributed by atoms with van der Waals surface area (Å²) >= 11 is 6.10. The topological polar surface area (TPSA) is 114 Å². The van der Waals surface area contributed by atoms with Gasteiger partial charge in [-0.2, -0.15) is 0 Å². The maximum absolute atomic E-state index is 15.4. The third-order valence-corrected chi connectivity index (χ3v) is 10.8. The number of alkyl carbamates (subject to hydrolysis) is 1. The van der Waals surface area contributed by atoms with Crippen molar-refractivity contribution in [2.24, 2.45) is 0 Å². The molecule has 2 N–H and O–H groups in total. The lowest BCUT2D eigenvalue weighted by molar-refractivity contribution is -0.137. The van der Waals surface area contributed by atoms with E-state index < -0.39 is 56.9 Å². The summed E-state index contributed by atoms with van der Waals surface area (Å²) in [5, 5.41) is 6.33. The van der Waals surface area contributed by atoms with E-state index >= 15 is 4.39 Å². The van der Waals surface area contributed by atoms with E-state index in [2.05, 4.69) is 10.6 Å². The summed E-state index contributed by atoms with van der Waals surface area (Å²) in [7, 11) is -2.17. The van der Waals surface area contributed by atoms with Gasteiger partial charge in [-0.05, 0) is 78.3 Å². The number of carbonyl (C=O) groups excluding carboxylic acids is 2. The van der Waals surface area contributed by atoms with Crippen molar-refractivity contribution in [2.75, 3.05) is 39.5 Å². The van der Waals surface area contributed by atoms with E-state index in [4.69, 9.17) is 21.1 Å². The first-order valence-corrected chi connectivity index (χ1v) is 18.2. The Balaban J connectivity index is 1.38. The van der Waals surface area contributed by atoms with E-state index in [1.807, 2.05) is 0 Å². The zero-order valence-corrected chi connectivity index (χ0v) is 28.8. The minimum atomic E-state index is -3.30. The smallest absolute Gasteiger partial charge is 0.407 e. The van der Waals surface area contributed by atoms with Crippen LogP contribution in [0.15, 0.2) is 60.7 Å². The van der Waals surface area contributed by atoms with Crippen LogP contribution in [0.2, 0.25) is 5.02 Å². The third kappa shape index (κ3) is 9.20. The molecular weight excluding hydrogens is 683 g/mol. The molecule has 2 heterocycles. The fourth-order valence-electron chi connectivity index (χ4n) is 6.77. The minimum Gasteiger partial charge on any atom is -0.453 e. The number of ketones is 1. The predicted molar refractivity (Wildman–Crippen MR) is 179 cm³/mol. The highest BCUT2D eigenvalue weighted by atomic mass is 35.5. The summed E-state index contributed by atoms with van der Waals surface area (Å²) in [6.45, 7) is 1.82. The molecule has 3 aromatic carbocycles. The Bertz CT molecular complexity index is 1750. The van der Waals surface area contributed by atoms with Gasteiger partial charge in [0, 0.05) is 49.6 Å². The molecule has 0 aromatic heterocycles. The first kappa shape index (κ1) is 36.8. The highest BCUT2D eigenvalue weighted by molar-refractivity contribution is 7.88. The lowest BCUT2D eigenvalue weighted by Gasteiger charge is -2.46. The summed E-state index contributed by atoms with van der Waals surface area (Å²) < 4.78 is 81.1. The summed E-state index contributed by atoms with van der Waals surface area (Å²) in [5.41, 5.74) is 0.705. The van der Waals surface area contributed by atoms with E-state index in [0.717, 1.165) is 19.2 Å². The number of hydrogen-bond donors (Lipinski definition) is 2. The predicted octanol–water partition coefficient (Wildman–Crippen LogP) is 5.14. The Labute approximate surface area is 289 Å². The van der Waals surface area contributed by atoms with Crippen molar-refractivity contribution >= 4 is 33.5 Å². The van der Waals surface area contributed by atoms with Crippen LogP contribution in [0.25, 0.3) is 0 Å². The molecule has 1 spiro atoms. The van der Waals surface area contributed by atoms with Crippen LogP contribution in [0, 0.1) is 17.5 Å². The fraction of sp³-hybridized carbons (Fsp3) is 0.429. The van der Waals surface area contributed by atoms with Gasteiger partial charge < -0.3 is 20.1 Å². The van der Waals surface area contributed by atoms with Crippen LogP contribution in [-0.4, -0.2) is 81.9 Å². The largest absolute Gasteiger partial charge is 0.453 e. The van der Waals surface area contributed by atoms with E-state index in [1.54, 1.807) is 30.3 Å². The fourth-order valence-corrected chi connectivity index (χ4v) is 7.74. The van der Waals surface area contributed by atoms with E-state index in [0.29, 0.717) is 73.2 Å². The summed E-state index contributed by atoms with van der Waals surface area (Å²) in [5.74, 6) is -3.85. The van der Waals surface area contributed by atoms with Crippen LogP contribution in [0.1, 0.15) is 47.4 Å². The van der Waals surface area contributed by atoms with Gasteiger partial charge in [0.1, 0.15) is 23.5 Å². The number of benzene rings is 3. The lowest BCUT2D eigenvalue weighted by atomic mass is 9.81. The Morgan fingerprint density at radius 2 is 1.73 bits per heavy atom. The Hall–Kier alpha value is -3.49. The number of halogens is 4. The molecule has 1 amide bonds. The molecule has 3 aromatic rings. The standard InChI is InChI=1S/C35H39ClF3N3O6S/c1-47-34(44)41-33(32(22-6-8-25(36)9-7-22)24-16-26(37)19-27(38)17-24)31(43)18-23-4-3-5-30(39)29(23)11-10-28-20-40-21-35(48-28)12-14-42(15-13-35)49(2,45)46/h3-9,16-17,19,28,32-33,40H,10-15,18,20-21H2,1-2H3,(H,41,44)/t28-,32+,33-/m1/s1. The molecule has 0 unspecified atom stereocenters. The van der Waals surface area contributed by atoms with Crippen LogP contribution in [0.3, 0.4) is 0 Å². The van der Waals surface area contributed by atoms with E-state index in [9.17, 15) is 26.8 Å². The van der Waals surface area contributed by atoms with Gasteiger partial charge >= 0.3 is 6.09 Å². The van der Waals surface area contributed by atoms with Crippen molar-refractivity contribution in [1.29, 1.82) is 0 Å². The van der Waals surface area contributed by atoms with Crippen molar-refractivity contribution in [2.45, 2.75) is 55.8 Å². The maximum Gasteiger partial charge on any atom is 0.407 e. The summed E-state index contributed by atoms with van der Waals surface area (Å²) in [4.78, 5) is 26.7. The summed E-state index contributed by atoms with van der Waals surface area (Å²) in [6, 6.07) is 12.3. The maximum atomic E-state index is 15.4. The van der Waals surface area contributed by atoms with Crippen LogP contribution in [-0.2, 0) is 37.1 Å². The molecule has 2 aliphatic rings. The highest BCUT2D eigenvalue weighted by Gasteiger charge is 2.42. The zero-order chi connectivity index (χ0) is 35.3. The number of Topliss-reactive ketones (excluding diaryl/α,β-unsaturated/α-hetero) is 1. The number of amides is 1. The molecule has 2 aliphatic heterocycles. The van der Waals surface area contributed by atoms with Gasteiger partial charge in [0.15, 0.2) is 5.78 Å². The van der Waals surface area contributed by atoms with Crippen molar-refractivity contribution in [1.82, 2.24) is 14.9 Å². The second-order valence-corrected chi connectivity index (χ2v) is 15.0. The molecular formula is C35H39ClF3N3O6S. The average molecular weight is 722 g/mol. The van der Waals surface area contributed by atoms with Gasteiger partial charge in [0.2, 0.25) is 10.0 Å².